The van der Waals surface area contributed by atoms with E-state index in [4.69, 9.17) is 23.9 Å². The van der Waals surface area contributed by atoms with Crippen molar-refractivity contribution in [1.29, 1.82) is 0 Å². The number of likely N-dealkylation sites (tertiary alicyclic amines) is 1. The average molecular weight is 847 g/mol. The predicted octanol–water partition coefficient (Wildman–Crippen LogP) is 4.75. The zero-order chi connectivity index (χ0) is 44.9. The Morgan fingerprint density at radius 1 is 0.984 bits per heavy atom. The van der Waals surface area contributed by atoms with Crippen molar-refractivity contribution in [1.82, 2.24) is 4.90 Å². The van der Waals surface area contributed by atoms with Gasteiger partial charge in [-0.05, 0) is 25.8 Å². The van der Waals surface area contributed by atoms with E-state index in [0.717, 1.165) is 19.6 Å². The molecule has 4 aliphatic heterocycles. The van der Waals surface area contributed by atoms with Gasteiger partial charge in [-0.1, -0.05) is 59.8 Å². The predicted molar refractivity (Wildman–Crippen MR) is 228 cm³/mol. The van der Waals surface area contributed by atoms with Crippen molar-refractivity contribution in [2.24, 2.45) is 39.6 Å². The summed E-state index contributed by atoms with van der Waals surface area (Å²) in [6, 6.07) is 0. The van der Waals surface area contributed by atoms with Gasteiger partial charge in [-0.15, -0.1) is 0 Å². The molecule has 1 saturated heterocycles. The molecule has 9 atom stereocenters. The minimum Gasteiger partial charge on any atom is -0.507 e. The molecule has 1 amide bonds. The molecule has 4 heterocycles. The number of aliphatic hydroxyl groups excluding tert-OH is 2. The van der Waals surface area contributed by atoms with Gasteiger partial charge in [-0.3, -0.25) is 19.4 Å². The van der Waals surface area contributed by atoms with Gasteiger partial charge in [-0.2, -0.15) is 0 Å². The Morgan fingerprint density at radius 2 is 1.66 bits per heavy atom. The number of amides is 1. The second kappa shape index (κ2) is 17.5. The first kappa shape index (κ1) is 45.7. The number of ketones is 1. The highest BCUT2D eigenvalue weighted by atomic mass is 16.7. The van der Waals surface area contributed by atoms with Crippen molar-refractivity contribution in [3.63, 3.8) is 0 Å². The van der Waals surface area contributed by atoms with Crippen LogP contribution in [-0.4, -0.2) is 106 Å². The molecule has 4 aliphatic rings. The SMILES string of the molecule is CO[C@H]1/C=C/O[C@@]2(C)Oc3c(C)c(O)c4c(O)c(c5c(c4c3C2=O)NC2(CCN(CC(C)C)CC2)N=5)=NC(=O)/C(C)=C\C=C\C(C)[C@H](O)C(C)[C@@H](O)C(C)C(OC(C)=O)[C@@H]1C. The fraction of sp³-hybridized carbons (Fsp3) is 0.587. The van der Waals surface area contributed by atoms with E-state index in [1.807, 2.05) is 0 Å². The summed E-state index contributed by atoms with van der Waals surface area (Å²) in [6.07, 6.45) is 5.07. The van der Waals surface area contributed by atoms with Crippen molar-refractivity contribution >= 4 is 34.1 Å². The zero-order valence-electron chi connectivity index (χ0n) is 37.1. The van der Waals surface area contributed by atoms with Gasteiger partial charge < -0.3 is 49.6 Å². The molecule has 4 unspecified atom stereocenters. The summed E-state index contributed by atoms with van der Waals surface area (Å²) in [5, 5.41) is 50.5. The molecule has 0 aliphatic carbocycles. The van der Waals surface area contributed by atoms with Gasteiger partial charge in [-0.25, -0.2) is 4.99 Å². The lowest BCUT2D eigenvalue weighted by Gasteiger charge is -2.38. The van der Waals surface area contributed by atoms with E-state index in [0.29, 0.717) is 24.4 Å². The fourth-order valence-corrected chi connectivity index (χ4v) is 9.24. The molecule has 1 fully saturated rings. The van der Waals surface area contributed by atoms with Crippen molar-refractivity contribution in [3.8, 4) is 17.2 Å². The maximum absolute atomic E-state index is 14.7. The molecule has 332 valence electrons. The number of anilines is 1. The Morgan fingerprint density at radius 3 is 2.28 bits per heavy atom. The summed E-state index contributed by atoms with van der Waals surface area (Å²) in [7, 11) is 1.47. The van der Waals surface area contributed by atoms with Crippen LogP contribution in [0.4, 0.5) is 5.69 Å². The van der Waals surface area contributed by atoms with Gasteiger partial charge in [0.15, 0.2) is 5.75 Å². The number of hydrogen-bond donors (Lipinski definition) is 5. The number of carbonyl (C=O) groups excluding carboxylic acids is 3. The number of aliphatic hydroxyl groups is 2. The van der Waals surface area contributed by atoms with Crippen LogP contribution in [-0.2, 0) is 23.8 Å². The number of ether oxygens (including phenoxy) is 4. The van der Waals surface area contributed by atoms with E-state index in [1.54, 1.807) is 65.8 Å². The minimum atomic E-state index is -1.95. The largest absolute Gasteiger partial charge is 0.507 e. The van der Waals surface area contributed by atoms with Crippen LogP contribution in [0.1, 0.15) is 91.1 Å². The number of esters is 1. The van der Waals surface area contributed by atoms with Crippen LogP contribution in [0.15, 0.2) is 46.1 Å². The smallest absolute Gasteiger partial charge is 0.312 e. The fourth-order valence-electron chi connectivity index (χ4n) is 9.24. The molecule has 15 nitrogen and oxygen atoms in total. The lowest BCUT2D eigenvalue weighted by Crippen LogP contribution is -2.47. The van der Waals surface area contributed by atoms with Crippen LogP contribution in [0.3, 0.4) is 0 Å². The number of piperidine rings is 1. The zero-order valence-corrected chi connectivity index (χ0v) is 37.1. The third kappa shape index (κ3) is 8.54. The lowest BCUT2D eigenvalue weighted by atomic mass is 9.78. The molecule has 2 aromatic carbocycles. The van der Waals surface area contributed by atoms with Crippen molar-refractivity contribution in [2.75, 3.05) is 32.1 Å². The summed E-state index contributed by atoms with van der Waals surface area (Å²) < 4.78 is 24.0. The number of fused-ring (bicyclic) bond motifs is 1. The van der Waals surface area contributed by atoms with E-state index in [2.05, 4.69) is 29.1 Å². The number of Topliss-reactive ketones (excluding diaryl/α,β-unsaturated/α-hetero) is 1. The van der Waals surface area contributed by atoms with Gasteiger partial charge in [0, 0.05) is 93.6 Å². The minimum absolute atomic E-state index is 0.0538. The highest BCUT2D eigenvalue weighted by molar-refractivity contribution is 6.21. The van der Waals surface area contributed by atoms with E-state index < -0.39 is 82.9 Å². The molecular weight excluding hydrogens is 785 g/mol. The van der Waals surface area contributed by atoms with Gasteiger partial charge in [0.25, 0.3) is 11.7 Å². The number of hydrogen-bond acceptors (Lipinski definition) is 14. The molecule has 0 radical (unpaired) electrons. The van der Waals surface area contributed by atoms with Crippen LogP contribution < -0.4 is 20.8 Å². The number of carbonyl (C=O) groups is 3. The van der Waals surface area contributed by atoms with E-state index >= 15 is 0 Å². The van der Waals surface area contributed by atoms with Crippen LogP contribution in [0.5, 0.6) is 17.2 Å². The summed E-state index contributed by atoms with van der Waals surface area (Å²) in [5.41, 5.74) is -0.111. The van der Waals surface area contributed by atoms with Crippen LogP contribution in [0.25, 0.3) is 10.8 Å². The number of phenols is 2. The van der Waals surface area contributed by atoms with Crippen molar-refractivity contribution in [3.05, 3.63) is 58.0 Å². The van der Waals surface area contributed by atoms with Crippen molar-refractivity contribution in [2.45, 2.75) is 118 Å². The number of benzene rings is 2. The number of nitrogens with zero attached hydrogens (tertiary/aromatic N) is 3. The molecule has 1 spiro atoms. The van der Waals surface area contributed by atoms with Crippen molar-refractivity contribution < 1.29 is 53.8 Å². The molecule has 4 bridgehead atoms. The first-order valence-corrected chi connectivity index (χ1v) is 21.2. The Kier molecular flexibility index (Phi) is 13.1. The van der Waals surface area contributed by atoms with Crippen LogP contribution in [0.2, 0.25) is 0 Å². The third-order valence-electron chi connectivity index (χ3n) is 12.9. The van der Waals surface area contributed by atoms with Gasteiger partial charge >= 0.3 is 11.8 Å². The standard InChI is InChI=1S/C46H62N4O11/c1-22(2)21-50-18-16-46(17-19-50)48-34-31-32-39(54)28(8)42-33(31)43(56)45(10,61-42)59-20-15-30(58-11)25(5)41(60-29(9)51)27(7)38(53)26(6)37(52)23(3)13-12-14-24(4)44(57)47-36(40(32)55)35(34)49-46/h12-15,20,22-23,25-27,30,37-38,41,48,52-55H,16-19,21H2,1-11H3/b13-12+,20-15+,24-14-,47-36?/t23?,25-,26?,27?,30+,37+,38-,41?,45+/m1/s1. The molecule has 5 N–H and O–H groups in total. The summed E-state index contributed by atoms with van der Waals surface area (Å²) >= 11 is 0. The maximum Gasteiger partial charge on any atom is 0.312 e. The Balaban J connectivity index is 1.55. The topological polar surface area (TPSA) is 209 Å². The molecular formula is C46H62N4O11. The molecule has 0 saturated carbocycles. The molecule has 2 aromatic rings. The number of allylic oxidation sites excluding steroid dienone is 2. The summed E-state index contributed by atoms with van der Waals surface area (Å²) in [6.45, 7) is 19.6. The van der Waals surface area contributed by atoms with Crippen LogP contribution in [0, 0.1) is 36.5 Å². The second-order valence-corrected chi connectivity index (χ2v) is 18.0. The molecule has 0 aromatic heterocycles. The number of nitrogens with one attached hydrogen (secondary N) is 1. The Labute approximate surface area is 356 Å². The lowest BCUT2D eigenvalue weighted by molar-refractivity contribution is -0.160. The maximum atomic E-state index is 14.7. The Bertz CT molecular complexity index is 2300. The summed E-state index contributed by atoms with van der Waals surface area (Å²) in [5.74, 6) is -6.57. The van der Waals surface area contributed by atoms with E-state index in [1.165, 1.54) is 27.2 Å². The molecule has 61 heavy (non-hydrogen) atoms. The number of methoxy groups -OCH3 is 1. The van der Waals surface area contributed by atoms with E-state index in [-0.39, 0.29) is 49.7 Å². The first-order valence-electron chi connectivity index (χ1n) is 21.2. The molecule has 6 rings (SSSR count). The molecule has 15 heteroatoms. The first-order chi connectivity index (χ1) is 28.6. The number of rotatable bonds is 4. The van der Waals surface area contributed by atoms with Gasteiger partial charge in [0.05, 0.1) is 41.2 Å². The van der Waals surface area contributed by atoms with Crippen LogP contribution >= 0.6 is 0 Å². The number of aromatic hydroxyl groups is 2. The monoisotopic (exact) mass is 846 g/mol. The Hall–Kier alpha value is -4.83. The average Bonchev–Trinajstić information content (AvgIpc) is 3.71. The van der Waals surface area contributed by atoms with Gasteiger partial charge in [0.1, 0.15) is 34.0 Å². The normalized spacial score (nSPS) is 32.7. The number of phenolic OH excluding ortho intramolecular Hbond substituents is 2. The quantitative estimate of drug-likeness (QED) is 0.208. The highest BCUT2D eigenvalue weighted by Gasteiger charge is 2.51. The van der Waals surface area contributed by atoms with Gasteiger partial charge in [0.2, 0.25) is 0 Å². The second-order valence-electron chi connectivity index (χ2n) is 18.0. The summed E-state index contributed by atoms with van der Waals surface area (Å²) in [4.78, 5) is 52.9. The highest BCUT2D eigenvalue weighted by Crippen LogP contribution is 2.51. The third-order valence-corrected chi connectivity index (χ3v) is 12.9. The van der Waals surface area contributed by atoms with E-state index in [9.17, 15) is 34.8 Å².